The number of nitrogens with zero attached hydrogens (tertiary/aromatic N) is 2. The molecule has 0 aromatic heterocycles. The molecule has 2 aromatic rings. The van der Waals surface area contributed by atoms with Crippen LogP contribution in [0.2, 0.25) is 5.02 Å². The predicted octanol–water partition coefficient (Wildman–Crippen LogP) is 4.05. The molecule has 2 saturated heterocycles. The lowest BCUT2D eigenvalue weighted by Gasteiger charge is -2.47. The van der Waals surface area contributed by atoms with Gasteiger partial charge in [0.05, 0.1) is 41.0 Å². The quantitative estimate of drug-likeness (QED) is 0.394. The third kappa shape index (κ3) is 4.09. The molecule has 6 unspecified atom stereocenters. The number of carbonyl (C=O) groups is 5. The van der Waals surface area contributed by atoms with Crippen molar-refractivity contribution < 1.29 is 38.2 Å². The van der Waals surface area contributed by atoms with Crippen LogP contribution in [-0.4, -0.2) is 46.8 Å². The molecule has 6 rings (SSSR count). The number of phenols is 1. The van der Waals surface area contributed by atoms with Gasteiger partial charge in [-0.15, -0.1) is 0 Å². The number of anilines is 1. The number of benzene rings is 2. The highest BCUT2D eigenvalue weighted by Gasteiger charge is 2.67. The van der Waals surface area contributed by atoms with Gasteiger partial charge in [0.15, 0.2) is 11.5 Å². The van der Waals surface area contributed by atoms with E-state index < -0.39 is 70.5 Å². The fraction of sp³-hybridized carbons (Fsp3) is 0.323. The van der Waals surface area contributed by atoms with Crippen LogP contribution in [-0.2, 0) is 19.2 Å². The molecular formula is C31H27ClFN3O7. The standard InChI is InChI=1S/C31H27ClFN3O7/c1-31-19(8-3-14-4-10-23(37)24(11-14)43-2)16-6-7-17-25(28(40)36(26(17)38)30(34)42)18(16)13-20(31)27(39)35(29(31)41)15-5-9-22(33)21(32)12-15/h3-6,8-12,17-20,25,37H,7,13H2,1-2H3,(H2,34,42). The van der Waals surface area contributed by atoms with Crippen molar-refractivity contribution in [3.63, 3.8) is 0 Å². The second kappa shape index (κ2) is 10.0. The number of ether oxygens (including phenoxy) is 1. The van der Waals surface area contributed by atoms with Gasteiger partial charge in [-0.05, 0) is 61.6 Å². The van der Waals surface area contributed by atoms with E-state index in [4.69, 9.17) is 22.1 Å². The van der Waals surface area contributed by atoms with E-state index in [9.17, 15) is 33.5 Å². The van der Waals surface area contributed by atoms with Gasteiger partial charge in [0.2, 0.25) is 23.6 Å². The van der Waals surface area contributed by atoms with Crippen molar-refractivity contribution in [1.82, 2.24) is 4.90 Å². The molecule has 2 aliphatic heterocycles. The molecule has 0 bridgehead atoms. The van der Waals surface area contributed by atoms with E-state index in [2.05, 4.69) is 0 Å². The van der Waals surface area contributed by atoms with Crippen LogP contribution < -0.4 is 15.4 Å². The Hall–Kier alpha value is -4.51. The summed E-state index contributed by atoms with van der Waals surface area (Å²) in [6, 6.07) is 7.16. The van der Waals surface area contributed by atoms with Crippen LogP contribution in [0, 0.1) is 40.8 Å². The van der Waals surface area contributed by atoms with Crippen LogP contribution in [0.4, 0.5) is 14.9 Å². The lowest BCUT2D eigenvalue weighted by Crippen LogP contribution is -2.49. The maximum absolute atomic E-state index is 14.3. The number of carbonyl (C=O) groups excluding carboxylic acids is 5. The van der Waals surface area contributed by atoms with Crippen LogP contribution in [0.1, 0.15) is 25.3 Å². The fourth-order valence-corrected chi connectivity index (χ4v) is 7.49. The molecule has 0 radical (unpaired) electrons. The highest BCUT2D eigenvalue weighted by molar-refractivity contribution is 6.31. The molecule has 2 heterocycles. The first-order valence-electron chi connectivity index (χ1n) is 13.7. The molecule has 6 amide bonds. The van der Waals surface area contributed by atoms with Gasteiger partial charge in [0.1, 0.15) is 5.82 Å². The monoisotopic (exact) mass is 607 g/mol. The van der Waals surface area contributed by atoms with Crippen molar-refractivity contribution in [2.24, 2.45) is 40.7 Å². The fourth-order valence-electron chi connectivity index (χ4n) is 7.31. The second-order valence-corrected chi connectivity index (χ2v) is 11.9. The Labute approximate surface area is 250 Å². The number of phenolic OH excluding ortho intramolecular Hbond substituents is 1. The summed E-state index contributed by atoms with van der Waals surface area (Å²) < 4.78 is 19.2. The van der Waals surface area contributed by atoms with E-state index in [0.717, 1.165) is 11.0 Å². The summed E-state index contributed by atoms with van der Waals surface area (Å²) in [6.07, 6.45) is 5.56. The number of hydrogen-bond acceptors (Lipinski definition) is 7. The van der Waals surface area contributed by atoms with E-state index in [1.807, 2.05) is 6.08 Å². The number of aromatic hydroxyl groups is 1. The molecule has 222 valence electrons. The Bertz CT molecular complexity index is 1690. The number of nitrogens with two attached hydrogens (primary N) is 1. The Morgan fingerprint density at radius 2 is 1.86 bits per heavy atom. The van der Waals surface area contributed by atoms with Gasteiger partial charge in [-0.2, -0.15) is 4.90 Å². The number of urea groups is 1. The third-order valence-corrected chi connectivity index (χ3v) is 9.70. The van der Waals surface area contributed by atoms with Crippen molar-refractivity contribution in [2.45, 2.75) is 19.8 Å². The molecule has 3 fully saturated rings. The first-order chi connectivity index (χ1) is 20.4. The molecule has 2 aliphatic carbocycles. The number of halogens is 2. The van der Waals surface area contributed by atoms with Crippen LogP contribution in [0.25, 0.3) is 6.08 Å². The summed E-state index contributed by atoms with van der Waals surface area (Å²) in [7, 11) is 1.41. The number of methoxy groups -OCH3 is 1. The topological polar surface area (TPSA) is 147 Å². The molecule has 12 heteroatoms. The van der Waals surface area contributed by atoms with Gasteiger partial charge in [-0.25, -0.2) is 14.1 Å². The highest BCUT2D eigenvalue weighted by Crippen LogP contribution is 2.61. The van der Waals surface area contributed by atoms with Crippen molar-refractivity contribution in [3.05, 3.63) is 70.5 Å². The first-order valence-corrected chi connectivity index (χ1v) is 14.0. The van der Waals surface area contributed by atoms with Crippen molar-refractivity contribution in [3.8, 4) is 11.5 Å². The molecule has 1 saturated carbocycles. The average Bonchev–Trinajstić information content (AvgIpc) is 3.34. The van der Waals surface area contributed by atoms with Crippen LogP contribution in [0.3, 0.4) is 0 Å². The predicted molar refractivity (Wildman–Crippen MR) is 152 cm³/mol. The summed E-state index contributed by atoms with van der Waals surface area (Å²) in [5.41, 5.74) is 5.51. The number of imide groups is 4. The number of hydrogen-bond donors (Lipinski definition) is 2. The van der Waals surface area contributed by atoms with Gasteiger partial charge in [-0.3, -0.25) is 19.2 Å². The zero-order valence-corrected chi connectivity index (χ0v) is 23.9. The van der Waals surface area contributed by atoms with E-state index in [1.54, 1.807) is 31.2 Å². The number of allylic oxidation sites excluding steroid dienone is 3. The lowest BCUT2D eigenvalue weighted by molar-refractivity contribution is -0.136. The summed E-state index contributed by atoms with van der Waals surface area (Å²) in [4.78, 5) is 68.2. The summed E-state index contributed by atoms with van der Waals surface area (Å²) in [5.74, 6) is -6.97. The smallest absolute Gasteiger partial charge is 0.328 e. The van der Waals surface area contributed by atoms with Crippen molar-refractivity contribution in [2.75, 3.05) is 12.0 Å². The Kier molecular flexibility index (Phi) is 6.68. The minimum Gasteiger partial charge on any atom is -0.504 e. The van der Waals surface area contributed by atoms with Gasteiger partial charge in [0.25, 0.3) is 0 Å². The number of rotatable bonds is 4. The number of likely N-dealkylation sites (tertiary alicyclic amines) is 1. The lowest BCUT2D eigenvalue weighted by atomic mass is 9.52. The van der Waals surface area contributed by atoms with Crippen molar-refractivity contribution >= 4 is 53.0 Å². The molecule has 2 aromatic carbocycles. The van der Waals surface area contributed by atoms with E-state index in [1.165, 1.54) is 25.3 Å². The van der Waals surface area contributed by atoms with Gasteiger partial charge in [-0.1, -0.05) is 41.5 Å². The molecule has 0 spiro atoms. The second-order valence-electron chi connectivity index (χ2n) is 11.4. The maximum Gasteiger partial charge on any atom is 0.328 e. The summed E-state index contributed by atoms with van der Waals surface area (Å²) >= 11 is 6.00. The molecule has 3 N–H and O–H groups in total. The summed E-state index contributed by atoms with van der Waals surface area (Å²) in [6.45, 7) is 1.69. The van der Waals surface area contributed by atoms with E-state index in [0.29, 0.717) is 16.0 Å². The minimum absolute atomic E-state index is 0.0565. The highest BCUT2D eigenvalue weighted by atomic mass is 35.5. The van der Waals surface area contributed by atoms with Crippen LogP contribution in [0.15, 0.2) is 54.1 Å². The Morgan fingerprint density at radius 3 is 2.53 bits per heavy atom. The van der Waals surface area contributed by atoms with E-state index in [-0.39, 0.29) is 35.1 Å². The van der Waals surface area contributed by atoms with Crippen LogP contribution in [0.5, 0.6) is 11.5 Å². The number of fused-ring (bicyclic) bond motifs is 4. The molecule has 10 nitrogen and oxygen atoms in total. The maximum atomic E-state index is 14.3. The normalized spacial score (nSPS) is 30.0. The SMILES string of the molecule is COc1cc(C=CC2C3=CCC4C(=O)N(C(N)=O)C(=O)C4C3CC3C(=O)N(c4ccc(F)c(Cl)c4)C(=O)C23C)ccc1O. The largest absolute Gasteiger partial charge is 0.504 e. The summed E-state index contributed by atoms with van der Waals surface area (Å²) in [5, 5.41) is 9.77. The zero-order valence-electron chi connectivity index (χ0n) is 23.1. The first kappa shape index (κ1) is 28.6. The van der Waals surface area contributed by atoms with Gasteiger partial charge in [0, 0.05) is 5.92 Å². The molecule has 4 aliphatic rings. The minimum atomic E-state index is -1.32. The van der Waals surface area contributed by atoms with Crippen LogP contribution >= 0.6 is 11.6 Å². The van der Waals surface area contributed by atoms with Crippen molar-refractivity contribution in [1.29, 1.82) is 0 Å². The molecular weight excluding hydrogens is 581 g/mol. The zero-order chi connectivity index (χ0) is 31.0. The Balaban J connectivity index is 1.48. The van der Waals surface area contributed by atoms with Gasteiger partial charge >= 0.3 is 6.03 Å². The average molecular weight is 608 g/mol. The number of amides is 6. The molecule has 43 heavy (non-hydrogen) atoms. The van der Waals surface area contributed by atoms with Gasteiger partial charge < -0.3 is 15.6 Å². The van der Waals surface area contributed by atoms with E-state index >= 15 is 0 Å². The number of primary amides is 1. The molecule has 6 atom stereocenters. The Morgan fingerprint density at radius 1 is 1.12 bits per heavy atom. The third-order valence-electron chi connectivity index (χ3n) is 9.41.